The molecule has 148 valence electrons. The Morgan fingerprint density at radius 1 is 1.10 bits per heavy atom. The number of hydrogen-bond donors (Lipinski definition) is 3. The van der Waals surface area contributed by atoms with Crippen molar-refractivity contribution in [2.45, 2.75) is 0 Å². The predicted octanol–water partition coefficient (Wildman–Crippen LogP) is 1.29. The van der Waals surface area contributed by atoms with Gasteiger partial charge in [0.1, 0.15) is 12.4 Å². The molecule has 29 heavy (non-hydrogen) atoms. The number of pyridine rings is 1. The first-order valence-electron chi connectivity index (χ1n) is 8.44. The molecule has 10 heteroatoms. The number of carbonyl (C=O) groups is 4. The van der Waals surface area contributed by atoms with E-state index in [-0.39, 0.29) is 24.8 Å². The summed E-state index contributed by atoms with van der Waals surface area (Å²) in [6.45, 7) is -0.271. The van der Waals surface area contributed by atoms with Crippen LogP contribution in [0.25, 0.3) is 6.08 Å². The van der Waals surface area contributed by atoms with E-state index in [1.165, 1.54) is 12.4 Å². The Morgan fingerprint density at radius 3 is 2.48 bits per heavy atom. The maximum Gasteiger partial charge on any atom is 0.290 e. The molecule has 1 aromatic heterocycles. The first kappa shape index (κ1) is 20.2. The van der Waals surface area contributed by atoms with E-state index in [1.807, 2.05) is 0 Å². The maximum atomic E-state index is 11.9. The Morgan fingerprint density at radius 2 is 1.83 bits per heavy atom. The van der Waals surface area contributed by atoms with Gasteiger partial charge in [0.15, 0.2) is 5.78 Å². The smallest absolute Gasteiger partial charge is 0.290 e. The molecular weight excluding hydrogens is 396 g/mol. The number of ketones is 1. The number of ether oxygens (including phenoxy) is 1. The summed E-state index contributed by atoms with van der Waals surface area (Å²) >= 11 is 0.841. The van der Waals surface area contributed by atoms with Crippen LogP contribution in [0, 0.1) is 0 Å². The van der Waals surface area contributed by atoms with Crippen LogP contribution in [0.4, 0.5) is 4.79 Å². The van der Waals surface area contributed by atoms with Crippen LogP contribution >= 0.6 is 11.8 Å². The van der Waals surface area contributed by atoms with Crippen molar-refractivity contribution in [1.82, 2.24) is 21.2 Å². The summed E-state index contributed by atoms with van der Waals surface area (Å²) in [7, 11) is 0. The third kappa shape index (κ3) is 5.99. The molecule has 3 amide bonds. The molecule has 1 fully saturated rings. The van der Waals surface area contributed by atoms with E-state index in [0.29, 0.717) is 16.2 Å². The summed E-state index contributed by atoms with van der Waals surface area (Å²) < 4.78 is 5.40. The Hall–Kier alpha value is -3.50. The highest BCUT2D eigenvalue weighted by Gasteiger charge is 2.24. The van der Waals surface area contributed by atoms with Gasteiger partial charge in [-0.05, 0) is 47.7 Å². The monoisotopic (exact) mass is 412 g/mol. The molecule has 0 spiro atoms. The van der Waals surface area contributed by atoms with Gasteiger partial charge in [-0.25, -0.2) is 5.43 Å². The average molecular weight is 412 g/mol. The summed E-state index contributed by atoms with van der Waals surface area (Å²) in [6, 6.07) is 9.82. The first-order chi connectivity index (χ1) is 14.0. The van der Waals surface area contributed by atoms with Crippen molar-refractivity contribution in [3.05, 3.63) is 64.8 Å². The molecule has 1 aliphatic heterocycles. The van der Waals surface area contributed by atoms with E-state index >= 15 is 0 Å². The minimum absolute atomic E-state index is 0.0959. The molecular formula is C19H16N4O5S. The van der Waals surface area contributed by atoms with Crippen molar-refractivity contribution in [3.63, 3.8) is 0 Å². The lowest BCUT2D eigenvalue weighted by atomic mass is 10.2. The first-order valence-corrected chi connectivity index (χ1v) is 9.25. The third-order valence-electron chi connectivity index (χ3n) is 3.65. The molecule has 2 aromatic rings. The Kier molecular flexibility index (Phi) is 6.72. The van der Waals surface area contributed by atoms with Crippen LogP contribution in [-0.4, -0.2) is 41.0 Å². The van der Waals surface area contributed by atoms with Gasteiger partial charge in [-0.2, -0.15) is 0 Å². The number of nitrogens with zero attached hydrogens (tertiary/aromatic N) is 1. The number of benzene rings is 1. The minimum Gasteiger partial charge on any atom is -0.486 e. The highest BCUT2D eigenvalue weighted by atomic mass is 32.2. The van der Waals surface area contributed by atoms with Crippen LogP contribution < -0.4 is 20.9 Å². The number of aromatic nitrogens is 1. The number of imide groups is 1. The normalized spacial score (nSPS) is 14.6. The zero-order valence-electron chi connectivity index (χ0n) is 15.0. The molecule has 1 aliphatic rings. The van der Waals surface area contributed by atoms with Crippen molar-refractivity contribution in [3.8, 4) is 5.75 Å². The van der Waals surface area contributed by atoms with Gasteiger partial charge >= 0.3 is 0 Å². The molecule has 1 aromatic carbocycles. The summed E-state index contributed by atoms with van der Waals surface area (Å²) in [5.74, 6) is -0.583. The van der Waals surface area contributed by atoms with E-state index in [4.69, 9.17) is 4.74 Å². The van der Waals surface area contributed by atoms with Gasteiger partial charge in [0.05, 0.1) is 11.4 Å². The molecule has 0 unspecified atom stereocenters. The summed E-state index contributed by atoms with van der Waals surface area (Å²) in [5.41, 5.74) is 6.11. The molecule has 0 radical (unpaired) electrons. The fourth-order valence-corrected chi connectivity index (χ4v) is 2.93. The van der Waals surface area contributed by atoms with E-state index in [0.717, 1.165) is 17.3 Å². The van der Waals surface area contributed by atoms with Crippen molar-refractivity contribution in [1.29, 1.82) is 0 Å². The highest BCUT2D eigenvalue weighted by Crippen LogP contribution is 2.26. The van der Waals surface area contributed by atoms with Gasteiger partial charge < -0.3 is 4.74 Å². The third-order valence-corrected chi connectivity index (χ3v) is 4.46. The quantitative estimate of drug-likeness (QED) is 0.437. The van der Waals surface area contributed by atoms with Gasteiger partial charge in [-0.15, -0.1) is 0 Å². The Labute approximate surface area is 169 Å². The predicted molar refractivity (Wildman–Crippen MR) is 106 cm³/mol. The van der Waals surface area contributed by atoms with Crippen LogP contribution in [0.1, 0.15) is 15.9 Å². The number of nitrogens with one attached hydrogen (secondary N) is 3. The molecule has 0 aliphatic carbocycles. The number of thioether (sulfide) groups is 1. The number of Topliss-reactive ketones (excluding diaryl/α,β-unsaturated/α-hetero) is 1. The lowest BCUT2D eigenvalue weighted by Crippen LogP contribution is -2.41. The number of carbonyl (C=O) groups excluding carboxylic acids is 4. The van der Waals surface area contributed by atoms with Gasteiger partial charge in [0.25, 0.3) is 17.1 Å². The van der Waals surface area contributed by atoms with Gasteiger partial charge in [-0.1, -0.05) is 12.1 Å². The SMILES string of the molecule is O=C(CNNC(=O)c1ccncc1)COc1ccc(/C=C2\SC(=O)NC2=O)cc1. The van der Waals surface area contributed by atoms with Crippen LogP contribution in [0.15, 0.2) is 53.7 Å². The van der Waals surface area contributed by atoms with Crippen LogP contribution in [0.5, 0.6) is 5.75 Å². The molecule has 2 heterocycles. The van der Waals surface area contributed by atoms with Gasteiger partial charge in [0, 0.05) is 18.0 Å². The second kappa shape index (κ2) is 9.62. The van der Waals surface area contributed by atoms with Crippen LogP contribution in [-0.2, 0) is 9.59 Å². The molecule has 0 saturated carbocycles. The van der Waals surface area contributed by atoms with Crippen molar-refractivity contribution in [2.75, 3.05) is 13.2 Å². The lowest BCUT2D eigenvalue weighted by molar-refractivity contribution is -0.120. The molecule has 3 N–H and O–H groups in total. The zero-order chi connectivity index (χ0) is 20.6. The number of rotatable bonds is 8. The fraction of sp³-hybridized carbons (Fsp3) is 0.105. The van der Waals surface area contributed by atoms with Crippen molar-refractivity contribution < 1.29 is 23.9 Å². The van der Waals surface area contributed by atoms with E-state index in [1.54, 1.807) is 42.5 Å². The molecule has 3 rings (SSSR count). The largest absolute Gasteiger partial charge is 0.486 e. The van der Waals surface area contributed by atoms with E-state index in [9.17, 15) is 19.2 Å². The van der Waals surface area contributed by atoms with E-state index < -0.39 is 11.1 Å². The van der Waals surface area contributed by atoms with Gasteiger partial charge in [0.2, 0.25) is 0 Å². The highest BCUT2D eigenvalue weighted by molar-refractivity contribution is 8.18. The summed E-state index contributed by atoms with van der Waals surface area (Å²) in [6.07, 6.45) is 4.59. The molecule has 1 saturated heterocycles. The molecule has 9 nitrogen and oxygen atoms in total. The standard InChI is InChI=1S/C19H16N4O5S/c24-14(10-21-23-17(25)13-5-7-20-8-6-13)11-28-15-3-1-12(2-4-15)9-16-18(26)22-19(27)29-16/h1-9,21H,10-11H2,(H,23,25)(H,22,26,27)/b16-9-. The second-order valence-corrected chi connectivity index (χ2v) is 6.81. The topological polar surface area (TPSA) is 126 Å². The molecule has 0 bridgehead atoms. The molecule has 0 atom stereocenters. The average Bonchev–Trinajstić information content (AvgIpc) is 3.04. The van der Waals surface area contributed by atoms with E-state index in [2.05, 4.69) is 21.2 Å². The van der Waals surface area contributed by atoms with Crippen LogP contribution in [0.2, 0.25) is 0 Å². The minimum atomic E-state index is -0.422. The number of amides is 3. The number of hydrogen-bond acceptors (Lipinski definition) is 8. The Bertz CT molecular complexity index is 960. The fourth-order valence-electron chi connectivity index (χ4n) is 2.25. The van der Waals surface area contributed by atoms with Crippen molar-refractivity contribution >= 4 is 40.7 Å². The van der Waals surface area contributed by atoms with Crippen molar-refractivity contribution in [2.24, 2.45) is 0 Å². The maximum absolute atomic E-state index is 11.9. The number of hydrazine groups is 1. The van der Waals surface area contributed by atoms with Gasteiger partial charge in [-0.3, -0.25) is 34.9 Å². The van der Waals surface area contributed by atoms with Crippen LogP contribution in [0.3, 0.4) is 0 Å². The lowest BCUT2D eigenvalue weighted by Gasteiger charge is -2.08. The summed E-state index contributed by atoms with van der Waals surface area (Å²) in [4.78, 5) is 50.5. The zero-order valence-corrected chi connectivity index (χ0v) is 15.8. The Balaban J connectivity index is 1.41. The second-order valence-electron chi connectivity index (χ2n) is 5.79. The summed E-state index contributed by atoms with van der Waals surface area (Å²) in [5, 5.41) is 1.79.